The quantitative estimate of drug-likeness (QED) is 0.255. The van der Waals surface area contributed by atoms with Crippen LogP contribution in [-0.2, 0) is 0 Å². The fraction of sp³-hybridized carbons (Fsp3) is 0.261. The average molecular weight is 495 g/mol. The van der Waals surface area contributed by atoms with Crippen LogP contribution < -0.4 is 21.7 Å². The Labute approximate surface area is 206 Å². The number of anilines is 2. The highest BCUT2D eigenvalue weighted by molar-refractivity contribution is 7.99. The summed E-state index contributed by atoms with van der Waals surface area (Å²) < 4.78 is 0. The lowest BCUT2D eigenvalue weighted by Crippen LogP contribution is -2.37. The van der Waals surface area contributed by atoms with Crippen molar-refractivity contribution in [3.8, 4) is 0 Å². The van der Waals surface area contributed by atoms with Crippen LogP contribution in [0.5, 0.6) is 0 Å². The van der Waals surface area contributed by atoms with E-state index in [0.29, 0.717) is 27.2 Å². The molecule has 2 aromatic heterocycles. The van der Waals surface area contributed by atoms with Gasteiger partial charge in [0.25, 0.3) is 5.91 Å². The average Bonchev–Trinajstić information content (AvgIpc) is 3.05. The molecule has 9 nitrogen and oxygen atoms in total. The number of carbonyl (C=O) groups excluding carboxylic acids is 1. The predicted octanol–water partition coefficient (Wildman–Crippen LogP) is 4.01. The molecule has 1 aliphatic rings. The first kappa shape index (κ1) is 23.7. The standard InChI is InChI=1S/C23H26N8OS2/c1-13(24)11-18(25)28-19-12-20(31-9-4-10-31)30-23(29-19)34-17-7-5-16(6-8-17)27-22(32)21-14(2)26-15(3)33-21/h5-8,11-12H,4,9-10,24H2,1-3H3,(H,27,32)(H2,25,28,29,30)/b13-11-. The Morgan fingerprint density at radius 1 is 1.18 bits per heavy atom. The number of aromatic nitrogens is 3. The highest BCUT2D eigenvalue weighted by Crippen LogP contribution is 2.31. The molecule has 3 aromatic rings. The number of amides is 1. The monoisotopic (exact) mass is 494 g/mol. The zero-order valence-corrected chi connectivity index (χ0v) is 20.8. The van der Waals surface area contributed by atoms with E-state index in [0.717, 1.165) is 40.9 Å². The molecule has 11 heteroatoms. The van der Waals surface area contributed by atoms with E-state index in [1.54, 1.807) is 13.0 Å². The molecule has 0 bridgehead atoms. The van der Waals surface area contributed by atoms with Gasteiger partial charge in [-0.2, -0.15) is 0 Å². The summed E-state index contributed by atoms with van der Waals surface area (Å²) >= 11 is 2.81. The van der Waals surface area contributed by atoms with Gasteiger partial charge in [-0.05, 0) is 69.3 Å². The number of rotatable bonds is 7. The maximum Gasteiger partial charge on any atom is 0.267 e. The molecule has 3 heterocycles. The fourth-order valence-electron chi connectivity index (χ4n) is 3.25. The van der Waals surface area contributed by atoms with Crippen LogP contribution in [0.25, 0.3) is 0 Å². The lowest BCUT2D eigenvalue weighted by atomic mass is 10.2. The third kappa shape index (κ3) is 5.91. The van der Waals surface area contributed by atoms with Gasteiger partial charge in [0.15, 0.2) is 11.0 Å². The fourth-order valence-corrected chi connectivity index (χ4v) is 4.83. The molecule has 1 aliphatic heterocycles. The third-order valence-corrected chi connectivity index (χ3v) is 6.85. The summed E-state index contributed by atoms with van der Waals surface area (Å²) in [5.41, 5.74) is 13.7. The van der Waals surface area contributed by atoms with Gasteiger partial charge in [-0.15, -0.1) is 11.3 Å². The van der Waals surface area contributed by atoms with Crippen molar-refractivity contribution in [1.29, 1.82) is 0 Å². The zero-order valence-electron chi connectivity index (χ0n) is 19.2. The number of hydrogen-bond acceptors (Lipinski definition) is 9. The van der Waals surface area contributed by atoms with Crippen LogP contribution in [0.15, 0.2) is 57.1 Å². The van der Waals surface area contributed by atoms with Crippen LogP contribution in [-0.4, -0.2) is 39.8 Å². The first-order valence-electron chi connectivity index (χ1n) is 10.7. The molecule has 0 unspecified atom stereocenters. The highest BCUT2D eigenvalue weighted by atomic mass is 32.2. The number of amidine groups is 1. The molecular formula is C23H26N8OS2. The summed E-state index contributed by atoms with van der Waals surface area (Å²) in [6, 6.07) is 9.38. The summed E-state index contributed by atoms with van der Waals surface area (Å²) in [5, 5.41) is 4.36. The molecule has 1 amide bonds. The maximum atomic E-state index is 12.5. The van der Waals surface area contributed by atoms with Gasteiger partial charge in [0.05, 0.1) is 10.7 Å². The molecule has 176 valence electrons. The van der Waals surface area contributed by atoms with Gasteiger partial charge in [0, 0.05) is 35.4 Å². The van der Waals surface area contributed by atoms with Gasteiger partial charge in [0.1, 0.15) is 16.5 Å². The van der Waals surface area contributed by atoms with Gasteiger partial charge in [-0.1, -0.05) is 0 Å². The van der Waals surface area contributed by atoms with Crippen LogP contribution in [0.4, 0.5) is 17.3 Å². The van der Waals surface area contributed by atoms with E-state index in [-0.39, 0.29) is 11.7 Å². The minimum Gasteiger partial charge on any atom is -0.402 e. The van der Waals surface area contributed by atoms with Crippen LogP contribution in [0.3, 0.4) is 0 Å². The molecule has 1 fully saturated rings. The second-order valence-electron chi connectivity index (χ2n) is 7.86. The SMILES string of the molecule is C/C(N)=C/C(N)=Nc1cc(N2CCC2)nc(Sc2ccc(NC(=O)c3sc(C)nc3C)cc2)n1. The van der Waals surface area contributed by atoms with E-state index in [4.69, 9.17) is 16.5 Å². The van der Waals surface area contributed by atoms with Crippen molar-refractivity contribution >= 4 is 52.2 Å². The second-order valence-corrected chi connectivity index (χ2v) is 10.1. The number of thiazole rings is 1. The normalized spacial score (nSPS) is 14.1. The first-order valence-corrected chi connectivity index (χ1v) is 12.4. The van der Waals surface area contributed by atoms with Crippen molar-refractivity contribution in [2.75, 3.05) is 23.3 Å². The molecule has 0 atom stereocenters. The summed E-state index contributed by atoms with van der Waals surface area (Å²) in [6.07, 6.45) is 2.73. The minimum atomic E-state index is -0.157. The lowest BCUT2D eigenvalue weighted by Gasteiger charge is -2.32. The molecule has 0 spiro atoms. The van der Waals surface area contributed by atoms with Crippen LogP contribution in [0.2, 0.25) is 0 Å². The molecule has 1 saturated heterocycles. The number of aryl methyl sites for hydroxylation is 2. The summed E-state index contributed by atoms with van der Waals surface area (Å²) in [5.74, 6) is 1.43. The number of nitrogens with zero attached hydrogens (tertiary/aromatic N) is 5. The van der Waals surface area contributed by atoms with Gasteiger partial charge >= 0.3 is 0 Å². The predicted molar refractivity (Wildman–Crippen MR) is 138 cm³/mol. The Bertz CT molecular complexity index is 1260. The number of carbonyl (C=O) groups is 1. The van der Waals surface area contributed by atoms with Crippen molar-refractivity contribution in [2.45, 2.75) is 37.2 Å². The van der Waals surface area contributed by atoms with E-state index < -0.39 is 0 Å². The van der Waals surface area contributed by atoms with Crippen LogP contribution >= 0.6 is 23.1 Å². The molecule has 1 aromatic carbocycles. The van der Waals surface area contributed by atoms with E-state index in [2.05, 4.69) is 25.2 Å². The highest BCUT2D eigenvalue weighted by Gasteiger charge is 2.18. The first-order chi connectivity index (χ1) is 16.3. The van der Waals surface area contributed by atoms with E-state index in [1.165, 1.54) is 23.1 Å². The second kappa shape index (κ2) is 10.2. The van der Waals surface area contributed by atoms with Crippen LogP contribution in [0.1, 0.15) is 33.7 Å². The number of hydrogen-bond donors (Lipinski definition) is 3. The van der Waals surface area contributed by atoms with E-state index in [9.17, 15) is 4.79 Å². The smallest absolute Gasteiger partial charge is 0.267 e. The summed E-state index contributed by atoms with van der Waals surface area (Å²) in [7, 11) is 0. The topological polar surface area (TPSA) is 135 Å². The largest absolute Gasteiger partial charge is 0.402 e. The van der Waals surface area contributed by atoms with Crippen LogP contribution in [0, 0.1) is 13.8 Å². The number of nitrogens with two attached hydrogens (primary N) is 2. The summed E-state index contributed by atoms with van der Waals surface area (Å²) in [4.78, 5) is 34.2. The minimum absolute atomic E-state index is 0.157. The number of nitrogens with one attached hydrogen (secondary N) is 1. The summed E-state index contributed by atoms with van der Waals surface area (Å²) in [6.45, 7) is 7.39. The molecule has 0 radical (unpaired) electrons. The van der Waals surface area contributed by atoms with Gasteiger partial charge < -0.3 is 21.7 Å². The Balaban J connectivity index is 1.51. The van der Waals surface area contributed by atoms with Crippen molar-refractivity contribution in [2.24, 2.45) is 16.5 Å². The number of allylic oxidation sites excluding steroid dienone is 1. The Morgan fingerprint density at radius 3 is 2.50 bits per heavy atom. The van der Waals surface area contributed by atoms with Crippen molar-refractivity contribution in [3.63, 3.8) is 0 Å². The molecule has 4 rings (SSSR count). The van der Waals surface area contributed by atoms with Gasteiger partial charge in [-0.3, -0.25) is 4.79 Å². The van der Waals surface area contributed by atoms with Gasteiger partial charge in [0.2, 0.25) is 0 Å². The maximum absolute atomic E-state index is 12.5. The molecule has 34 heavy (non-hydrogen) atoms. The zero-order chi connectivity index (χ0) is 24.2. The molecule has 0 saturated carbocycles. The van der Waals surface area contributed by atoms with E-state index >= 15 is 0 Å². The Kier molecular flexibility index (Phi) is 7.13. The van der Waals surface area contributed by atoms with Crippen molar-refractivity contribution in [3.05, 3.63) is 57.7 Å². The van der Waals surface area contributed by atoms with Crippen molar-refractivity contribution in [1.82, 2.24) is 15.0 Å². The van der Waals surface area contributed by atoms with Crippen molar-refractivity contribution < 1.29 is 4.79 Å². The molecular weight excluding hydrogens is 468 g/mol. The Morgan fingerprint density at radius 2 is 1.91 bits per heavy atom. The number of benzene rings is 1. The van der Waals surface area contributed by atoms with Gasteiger partial charge in [-0.25, -0.2) is 19.9 Å². The van der Waals surface area contributed by atoms with E-state index in [1.807, 2.05) is 44.2 Å². The lowest BCUT2D eigenvalue weighted by molar-refractivity contribution is 0.103. The molecule has 0 aliphatic carbocycles. The molecule has 5 N–H and O–H groups in total. The number of aliphatic imine (C=N–C) groups is 1. The Hall–Kier alpha value is -3.44. The third-order valence-electron chi connectivity index (χ3n) is 4.91.